The van der Waals surface area contributed by atoms with Crippen LogP contribution in [-0.4, -0.2) is 70.5 Å². The third kappa shape index (κ3) is 4.12. The van der Waals surface area contributed by atoms with E-state index in [-0.39, 0.29) is 11.8 Å². The maximum Gasteiger partial charge on any atom is 0.306 e. The van der Waals surface area contributed by atoms with Gasteiger partial charge in [-0.1, -0.05) is 6.92 Å². The molecule has 0 aromatic heterocycles. The molecule has 2 aliphatic rings. The highest BCUT2D eigenvalue weighted by molar-refractivity contribution is 8.00. The van der Waals surface area contributed by atoms with Crippen molar-refractivity contribution in [2.45, 2.75) is 31.4 Å². The molecular formula is C14H24N2O3S. The van der Waals surface area contributed by atoms with Gasteiger partial charge in [-0.3, -0.25) is 14.5 Å². The summed E-state index contributed by atoms with van der Waals surface area (Å²) in [5, 5.41) is 9.61. The van der Waals surface area contributed by atoms with Crippen molar-refractivity contribution in [3.63, 3.8) is 0 Å². The van der Waals surface area contributed by atoms with Gasteiger partial charge in [-0.15, -0.1) is 0 Å². The van der Waals surface area contributed by atoms with Crippen molar-refractivity contribution in [1.82, 2.24) is 9.80 Å². The number of piperidine rings is 1. The van der Waals surface area contributed by atoms with Crippen molar-refractivity contribution < 1.29 is 14.7 Å². The first-order valence-electron chi connectivity index (χ1n) is 7.44. The highest BCUT2D eigenvalue weighted by atomic mass is 32.2. The van der Waals surface area contributed by atoms with E-state index in [2.05, 4.69) is 11.8 Å². The van der Waals surface area contributed by atoms with Gasteiger partial charge in [0.05, 0.1) is 12.5 Å². The van der Waals surface area contributed by atoms with Gasteiger partial charge in [-0.05, 0) is 19.3 Å². The van der Waals surface area contributed by atoms with E-state index in [1.165, 1.54) is 0 Å². The average molecular weight is 300 g/mol. The molecule has 1 unspecified atom stereocenters. The van der Waals surface area contributed by atoms with Gasteiger partial charge in [0.2, 0.25) is 5.91 Å². The van der Waals surface area contributed by atoms with Crippen LogP contribution < -0.4 is 0 Å². The number of likely N-dealkylation sites (tertiary alicyclic amines) is 1. The van der Waals surface area contributed by atoms with Crippen molar-refractivity contribution in [3.05, 3.63) is 0 Å². The molecule has 0 saturated carbocycles. The summed E-state index contributed by atoms with van der Waals surface area (Å²) in [6.07, 6.45) is 2.34. The highest BCUT2D eigenvalue weighted by Crippen LogP contribution is 2.22. The molecule has 0 bridgehead atoms. The molecule has 1 amide bonds. The van der Waals surface area contributed by atoms with E-state index in [1.807, 2.05) is 16.7 Å². The lowest BCUT2D eigenvalue weighted by atomic mass is 9.97. The Morgan fingerprint density at radius 1 is 1.25 bits per heavy atom. The van der Waals surface area contributed by atoms with Crippen LogP contribution in [0.15, 0.2) is 0 Å². The van der Waals surface area contributed by atoms with Gasteiger partial charge in [0.15, 0.2) is 0 Å². The number of hydrogen-bond donors (Lipinski definition) is 1. The van der Waals surface area contributed by atoms with E-state index in [0.29, 0.717) is 37.7 Å². The molecule has 5 nitrogen and oxygen atoms in total. The molecule has 6 heteroatoms. The average Bonchev–Trinajstić information content (AvgIpc) is 2.47. The molecule has 1 atom stereocenters. The molecule has 1 N–H and O–H groups in total. The van der Waals surface area contributed by atoms with Crippen molar-refractivity contribution in [2.75, 3.05) is 38.5 Å². The molecule has 0 aromatic rings. The molecule has 20 heavy (non-hydrogen) atoms. The number of carbonyl (C=O) groups is 2. The van der Waals surface area contributed by atoms with Crippen LogP contribution in [0.2, 0.25) is 0 Å². The van der Waals surface area contributed by atoms with Gasteiger partial charge in [0.25, 0.3) is 0 Å². The first kappa shape index (κ1) is 15.6. The molecule has 2 rings (SSSR count). The Morgan fingerprint density at radius 3 is 2.55 bits per heavy atom. The monoisotopic (exact) mass is 300 g/mol. The van der Waals surface area contributed by atoms with Crippen LogP contribution in [0.4, 0.5) is 0 Å². The Kier molecular flexibility index (Phi) is 5.72. The van der Waals surface area contributed by atoms with Crippen molar-refractivity contribution in [3.8, 4) is 0 Å². The summed E-state index contributed by atoms with van der Waals surface area (Å²) in [6.45, 7) is 5.86. The summed E-state index contributed by atoms with van der Waals surface area (Å²) < 4.78 is 0. The number of carboxylic acids is 1. The molecule has 2 saturated heterocycles. The van der Waals surface area contributed by atoms with Crippen molar-refractivity contribution in [2.24, 2.45) is 5.92 Å². The normalized spacial score (nSPS) is 25.6. The van der Waals surface area contributed by atoms with Crippen LogP contribution in [0.25, 0.3) is 0 Å². The second-order valence-corrected chi connectivity index (χ2v) is 7.04. The minimum Gasteiger partial charge on any atom is -0.481 e. The number of carbonyl (C=O) groups excluding carboxylic acids is 1. The fraction of sp³-hybridized carbons (Fsp3) is 0.857. The number of hydrogen-bond acceptors (Lipinski definition) is 4. The second kappa shape index (κ2) is 7.31. The number of aliphatic carboxylic acids is 1. The number of amides is 1. The third-order valence-electron chi connectivity index (χ3n) is 4.23. The molecular weight excluding hydrogens is 276 g/mol. The van der Waals surface area contributed by atoms with Crippen LogP contribution in [0.1, 0.15) is 26.2 Å². The molecule has 0 aliphatic carbocycles. The summed E-state index contributed by atoms with van der Waals surface area (Å²) in [4.78, 5) is 27.3. The summed E-state index contributed by atoms with van der Waals surface area (Å²) in [7, 11) is 0. The zero-order valence-electron chi connectivity index (χ0n) is 12.1. The fourth-order valence-electron chi connectivity index (χ4n) is 2.84. The van der Waals surface area contributed by atoms with Gasteiger partial charge >= 0.3 is 5.97 Å². The summed E-state index contributed by atoms with van der Waals surface area (Å²) in [5.74, 6) is 0.272. The molecule has 2 heterocycles. The largest absolute Gasteiger partial charge is 0.481 e. The van der Waals surface area contributed by atoms with E-state index in [9.17, 15) is 9.59 Å². The van der Waals surface area contributed by atoms with E-state index in [1.54, 1.807) is 0 Å². The minimum absolute atomic E-state index is 0.163. The van der Waals surface area contributed by atoms with Crippen LogP contribution >= 0.6 is 11.8 Å². The summed E-state index contributed by atoms with van der Waals surface area (Å²) in [5.41, 5.74) is 0. The van der Waals surface area contributed by atoms with Gasteiger partial charge in [-0.2, -0.15) is 11.8 Å². The number of carboxylic acid groups (broad SMARTS) is 1. The smallest absolute Gasteiger partial charge is 0.306 e. The Morgan fingerprint density at radius 2 is 1.95 bits per heavy atom. The van der Waals surface area contributed by atoms with E-state index >= 15 is 0 Å². The fourth-order valence-corrected chi connectivity index (χ4v) is 4.09. The SMILES string of the molecule is CCC1CN(CC(=O)N2CCC(C(=O)O)CC2)CCS1. The Labute approximate surface area is 124 Å². The predicted molar refractivity (Wildman–Crippen MR) is 79.9 cm³/mol. The zero-order valence-corrected chi connectivity index (χ0v) is 12.9. The van der Waals surface area contributed by atoms with Gasteiger partial charge in [-0.25, -0.2) is 0 Å². The van der Waals surface area contributed by atoms with Gasteiger partial charge in [0.1, 0.15) is 0 Å². The molecule has 0 aromatic carbocycles. The number of thioether (sulfide) groups is 1. The lowest BCUT2D eigenvalue weighted by Crippen LogP contribution is -2.48. The second-order valence-electron chi connectivity index (χ2n) is 5.63. The maximum absolute atomic E-state index is 12.3. The van der Waals surface area contributed by atoms with Crippen LogP contribution in [0.3, 0.4) is 0 Å². The quantitative estimate of drug-likeness (QED) is 0.843. The standard InChI is InChI=1S/C14H24N2O3S/c1-2-12-9-15(7-8-20-12)10-13(17)16-5-3-11(4-6-16)14(18)19/h11-12H,2-10H2,1H3,(H,18,19). The van der Waals surface area contributed by atoms with Crippen molar-refractivity contribution >= 4 is 23.6 Å². The van der Waals surface area contributed by atoms with E-state index in [4.69, 9.17) is 5.11 Å². The zero-order chi connectivity index (χ0) is 14.5. The number of rotatable bonds is 4. The summed E-state index contributed by atoms with van der Waals surface area (Å²) in [6, 6.07) is 0. The lowest BCUT2D eigenvalue weighted by Gasteiger charge is -2.35. The number of nitrogens with zero attached hydrogens (tertiary/aromatic N) is 2. The Bertz CT molecular complexity index is 356. The van der Waals surface area contributed by atoms with E-state index < -0.39 is 5.97 Å². The topological polar surface area (TPSA) is 60.9 Å². The van der Waals surface area contributed by atoms with Gasteiger partial charge < -0.3 is 10.0 Å². The maximum atomic E-state index is 12.3. The highest BCUT2D eigenvalue weighted by Gasteiger charge is 2.28. The minimum atomic E-state index is -0.726. The molecule has 0 spiro atoms. The van der Waals surface area contributed by atoms with Crippen LogP contribution in [-0.2, 0) is 9.59 Å². The summed E-state index contributed by atoms with van der Waals surface area (Å²) >= 11 is 2.00. The third-order valence-corrected chi connectivity index (χ3v) is 5.61. The van der Waals surface area contributed by atoms with Crippen LogP contribution in [0.5, 0.6) is 0 Å². The van der Waals surface area contributed by atoms with Gasteiger partial charge in [0, 0.05) is 37.2 Å². The first-order chi connectivity index (χ1) is 9.60. The van der Waals surface area contributed by atoms with Crippen molar-refractivity contribution in [1.29, 1.82) is 0 Å². The first-order valence-corrected chi connectivity index (χ1v) is 8.49. The molecule has 114 valence electrons. The molecule has 2 fully saturated rings. The molecule has 2 aliphatic heterocycles. The Balaban J connectivity index is 1.76. The predicted octanol–water partition coefficient (Wildman–Crippen LogP) is 1.14. The Hall–Kier alpha value is -0.750. The van der Waals surface area contributed by atoms with E-state index in [0.717, 1.165) is 25.3 Å². The van der Waals surface area contributed by atoms with Crippen LogP contribution in [0, 0.1) is 5.92 Å². The lowest BCUT2D eigenvalue weighted by molar-refractivity contribution is -0.146. The molecule has 0 radical (unpaired) electrons.